The van der Waals surface area contributed by atoms with Crippen molar-refractivity contribution in [2.24, 2.45) is 11.7 Å². The number of primary amides is 1. The van der Waals surface area contributed by atoms with Crippen molar-refractivity contribution >= 4 is 11.8 Å². The second kappa shape index (κ2) is 6.48. The van der Waals surface area contributed by atoms with Gasteiger partial charge in [0.25, 0.3) is 0 Å². The largest absolute Gasteiger partial charge is 0.369 e. The summed E-state index contributed by atoms with van der Waals surface area (Å²) in [7, 11) is 0. The maximum atomic E-state index is 12.7. The third-order valence-electron chi connectivity index (χ3n) is 4.86. The maximum Gasteiger partial charge on any atom is 0.240 e. The molecule has 0 aliphatic carbocycles. The van der Waals surface area contributed by atoms with Crippen molar-refractivity contribution in [3.05, 3.63) is 35.9 Å². The Balaban J connectivity index is 1.67. The average molecular weight is 301 g/mol. The predicted octanol–water partition coefficient (Wildman–Crippen LogP) is 0.856. The molecule has 3 atom stereocenters. The quantitative estimate of drug-likeness (QED) is 0.869. The van der Waals surface area contributed by atoms with Crippen LogP contribution < -0.4 is 11.1 Å². The fraction of sp³-hybridized carbons (Fsp3) is 0.529. The van der Waals surface area contributed by atoms with Crippen LogP contribution in [-0.4, -0.2) is 42.4 Å². The van der Waals surface area contributed by atoms with Gasteiger partial charge in [0, 0.05) is 19.0 Å². The van der Waals surface area contributed by atoms with E-state index in [1.165, 1.54) is 5.56 Å². The molecule has 1 aromatic carbocycles. The van der Waals surface area contributed by atoms with Gasteiger partial charge in [-0.1, -0.05) is 30.3 Å². The second-order valence-electron chi connectivity index (χ2n) is 6.26. The highest BCUT2D eigenvalue weighted by Gasteiger charge is 2.38. The van der Waals surface area contributed by atoms with E-state index in [4.69, 9.17) is 5.73 Å². The summed E-state index contributed by atoms with van der Waals surface area (Å²) in [4.78, 5) is 26.2. The van der Waals surface area contributed by atoms with E-state index >= 15 is 0 Å². The van der Waals surface area contributed by atoms with Gasteiger partial charge in [0.05, 0.1) is 12.0 Å². The normalized spacial score (nSPS) is 28.5. The number of carbonyl (C=O) groups is 2. The van der Waals surface area contributed by atoms with Gasteiger partial charge in [-0.05, 0) is 31.4 Å². The number of carbonyl (C=O) groups excluding carboxylic acids is 2. The Morgan fingerprint density at radius 2 is 1.95 bits per heavy atom. The van der Waals surface area contributed by atoms with Gasteiger partial charge in [-0.15, -0.1) is 0 Å². The minimum Gasteiger partial charge on any atom is -0.369 e. The molecule has 0 saturated carbocycles. The lowest BCUT2D eigenvalue weighted by atomic mass is 9.89. The summed E-state index contributed by atoms with van der Waals surface area (Å²) in [6.07, 6.45) is 2.57. The molecule has 2 fully saturated rings. The van der Waals surface area contributed by atoms with Crippen molar-refractivity contribution in [1.29, 1.82) is 0 Å². The molecule has 5 nitrogen and oxygen atoms in total. The Labute approximate surface area is 130 Å². The lowest BCUT2D eigenvalue weighted by Crippen LogP contribution is -2.55. The zero-order valence-corrected chi connectivity index (χ0v) is 12.7. The van der Waals surface area contributed by atoms with Gasteiger partial charge >= 0.3 is 0 Å². The van der Waals surface area contributed by atoms with E-state index in [2.05, 4.69) is 17.4 Å². The van der Waals surface area contributed by atoms with E-state index < -0.39 is 6.04 Å². The molecule has 0 radical (unpaired) electrons. The van der Waals surface area contributed by atoms with Gasteiger partial charge in [0.1, 0.15) is 0 Å². The second-order valence-corrected chi connectivity index (χ2v) is 6.26. The van der Waals surface area contributed by atoms with Crippen molar-refractivity contribution < 1.29 is 9.59 Å². The van der Waals surface area contributed by atoms with Crippen LogP contribution in [0.15, 0.2) is 30.3 Å². The van der Waals surface area contributed by atoms with Crippen molar-refractivity contribution in [2.75, 3.05) is 19.6 Å². The minimum atomic E-state index is -0.444. The topological polar surface area (TPSA) is 75.4 Å². The molecule has 22 heavy (non-hydrogen) atoms. The zero-order chi connectivity index (χ0) is 15.5. The van der Waals surface area contributed by atoms with Crippen LogP contribution in [-0.2, 0) is 9.59 Å². The third-order valence-corrected chi connectivity index (χ3v) is 4.86. The maximum absolute atomic E-state index is 12.7. The molecule has 5 heteroatoms. The van der Waals surface area contributed by atoms with Gasteiger partial charge in [-0.2, -0.15) is 0 Å². The van der Waals surface area contributed by atoms with E-state index in [9.17, 15) is 9.59 Å². The fourth-order valence-electron chi connectivity index (χ4n) is 3.61. The van der Waals surface area contributed by atoms with Crippen LogP contribution in [0.4, 0.5) is 0 Å². The summed E-state index contributed by atoms with van der Waals surface area (Å²) in [6.45, 7) is 2.25. The highest BCUT2D eigenvalue weighted by atomic mass is 16.2. The van der Waals surface area contributed by atoms with Crippen molar-refractivity contribution in [2.45, 2.75) is 31.2 Å². The van der Waals surface area contributed by atoms with Gasteiger partial charge in [-0.3, -0.25) is 9.59 Å². The van der Waals surface area contributed by atoms with Crippen molar-refractivity contribution in [3.8, 4) is 0 Å². The molecule has 0 aromatic heterocycles. The molecule has 2 saturated heterocycles. The van der Waals surface area contributed by atoms with E-state index in [0.29, 0.717) is 12.3 Å². The number of rotatable bonds is 3. The summed E-state index contributed by atoms with van der Waals surface area (Å²) in [5, 5.41) is 3.19. The number of benzene rings is 1. The highest BCUT2D eigenvalue weighted by molar-refractivity contribution is 5.90. The third kappa shape index (κ3) is 2.99. The first-order valence-electron chi connectivity index (χ1n) is 8.03. The van der Waals surface area contributed by atoms with Crippen LogP contribution in [0, 0.1) is 5.92 Å². The van der Waals surface area contributed by atoms with Crippen LogP contribution in [0.25, 0.3) is 0 Å². The standard InChI is InChI=1S/C17H23N3O2/c18-16(21)14-7-4-9-19-15(14)17(22)20-10-8-13(11-20)12-5-2-1-3-6-12/h1-3,5-6,13-15,19H,4,7-11H2,(H2,18,21)/t13-,14?,15?/m0/s1. The van der Waals surface area contributed by atoms with E-state index in [1.54, 1.807) is 0 Å². The molecule has 3 N–H and O–H groups in total. The number of nitrogens with zero attached hydrogens (tertiary/aromatic N) is 1. The van der Waals surface area contributed by atoms with Gasteiger partial charge in [0.15, 0.2) is 0 Å². The molecular formula is C17H23N3O2. The van der Waals surface area contributed by atoms with Crippen LogP contribution in [0.2, 0.25) is 0 Å². The van der Waals surface area contributed by atoms with E-state index in [-0.39, 0.29) is 17.7 Å². The summed E-state index contributed by atoms with van der Waals surface area (Å²) in [5.74, 6) is -0.330. The molecule has 0 spiro atoms. The number of piperidine rings is 1. The first-order chi connectivity index (χ1) is 10.7. The summed E-state index contributed by atoms with van der Waals surface area (Å²) in [5.41, 5.74) is 6.74. The number of hydrogen-bond acceptors (Lipinski definition) is 3. The zero-order valence-electron chi connectivity index (χ0n) is 12.7. The molecule has 3 rings (SSSR count). The Hall–Kier alpha value is -1.88. The number of nitrogens with two attached hydrogens (primary N) is 1. The Morgan fingerprint density at radius 3 is 2.68 bits per heavy atom. The fourth-order valence-corrected chi connectivity index (χ4v) is 3.61. The number of amides is 2. The lowest BCUT2D eigenvalue weighted by molar-refractivity contribution is -0.138. The van der Waals surface area contributed by atoms with Gasteiger partial charge < -0.3 is 16.0 Å². The average Bonchev–Trinajstić information content (AvgIpc) is 3.05. The summed E-state index contributed by atoms with van der Waals surface area (Å²) < 4.78 is 0. The van der Waals surface area contributed by atoms with Crippen LogP contribution >= 0.6 is 0 Å². The van der Waals surface area contributed by atoms with Crippen LogP contribution in [0.5, 0.6) is 0 Å². The smallest absolute Gasteiger partial charge is 0.240 e. The number of likely N-dealkylation sites (tertiary alicyclic amines) is 1. The van der Waals surface area contributed by atoms with E-state index in [0.717, 1.165) is 32.5 Å². The molecule has 2 aliphatic heterocycles. The van der Waals surface area contributed by atoms with Crippen molar-refractivity contribution in [3.63, 3.8) is 0 Å². The molecule has 0 bridgehead atoms. The Bertz CT molecular complexity index is 546. The summed E-state index contributed by atoms with van der Waals surface area (Å²) in [6, 6.07) is 9.86. The first kappa shape index (κ1) is 15.0. The molecule has 2 unspecified atom stereocenters. The molecule has 118 valence electrons. The predicted molar refractivity (Wildman–Crippen MR) is 84.1 cm³/mol. The molecule has 2 aliphatic rings. The molecule has 2 heterocycles. The number of hydrogen-bond donors (Lipinski definition) is 2. The van der Waals surface area contributed by atoms with Crippen molar-refractivity contribution in [1.82, 2.24) is 10.2 Å². The molecule has 2 amide bonds. The SMILES string of the molecule is NC(=O)C1CCCNC1C(=O)N1CC[C@H](c2ccccc2)C1. The highest BCUT2D eigenvalue weighted by Crippen LogP contribution is 2.28. The number of nitrogens with one attached hydrogen (secondary N) is 1. The molecular weight excluding hydrogens is 278 g/mol. The van der Waals surface area contributed by atoms with Gasteiger partial charge in [-0.25, -0.2) is 0 Å². The van der Waals surface area contributed by atoms with E-state index in [1.807, 2.05) is 23.1 Å². The monoisotopic (exact) mass is 301 g/mol. The lowest BCUT2D eigenvalue weighted by Gasteiger charge is -2.32. The minimum absolute atomic E-state index is 0.0296. The first-order valence-corrected chi connectivity index (χ1v) is 8.03. The van der Waals surface area contributed by atoms with Gasteiger partial charge in [0.2, 0.25) is 11.8 Å². The van der Waals surface area contributed by atoms with Crippen LogP contribution in [0.1, 0.15) is 30.7 Å². The summed E-state index contributed by atoms with van der Waals surface area (Å²) >= 11 is 0. The Morgan fingerprint density at radius 1 is 1.18 bits per heavy atom. The molecule has 1 aromatic rings. The Kier molecular flexibility index (Phi) is 4.43. The van der Waals surface area contributed by atoms with Crippen LogP contribution in [0.3, 0.4) is 0 Å².